The van der Waals surface area contributed by atoms with Crippen LogP contribution in [0.3, 0.4) is 0 Å². The fourth-order valence-electron chi connectivity index (χ4n) is 3.89. The number of thioether (sulfide) groups is 1. The zero-order chi connectivity index (χ0) is 22.3. The fourth-order valence-corrected chi connectivity index (χ4v) is 5.53. The molecule has 168 valence electrons. The number of nitrogens with zero attached hydrogens (tertiary/aromatic N) is 3. The molecule has 3 aromatic rings. The molecule has 0 bridgehead atoms. The maximum absolute atomic E-state index is 13.1. The van der Waals surface area contributed by atoms with E-state index in [0.717, 1.165) is 36.9 Å². The Morgan fingerprint density at radius 2 is 2.09 bits per heavy atom. The van der Waals surface area contributed by atoms with Gasteiger partial charge in [0, 0.05) is 18.7 Å². The number of nitrogens with one attached hydrogen (secondary N) is 1. The summed E-state index contributed by atoms with van der Waals surface area (Å²) >= 11 is 2.51. The summed E-state index contributed by atoms with van der Waals surface area (Å²) in [7, 11) is 0. The van der Waals surface area contributed by atoms with Crippen LogP contribution in [0.2, 0.25) is 0 Å². The van der Waals surface area contributed by atoms with E-state index in [1.165, 1.54) is 41.7 Å². The molecule has 0 fully saturated rings. The van der Waals surface area contributed by atoms with Crippen LogP contribution in [0.4, 0.5) is 0 Å². The largest absolute Gasteiger partial charge is 0.355 e. The highest BCUT2D eigenvalue weighted by atomic mass is 32.2. The first kappa shape index (κ1) is 22.7. The lowest BCUT2D eigenvalue weighted by atomic mass is 9.97. The molecule has 0 atom stereocenters. The molecular formula is C24H28N4O2S2. The Labute approximate surface area is 196 Å². The molecule has 0 unspecified atom stereocenters. The molecule has 1 N–H and O–H groups in total. The van der Waals surface area contributed by atoms with Crippen molar-refractivity contribution < 1.29 is 4.79 Å². The predicted octanol–water partition coefficient (Wildman–Crippen LogP) is 5.03. The molecule has 32 heavy (non-hydrogen) atoms. The summed E-state index contributed by atoms with van der Waals surface area (Å²) in [6.45, 7) is 3.25. The van der Waals surface area contributed by atoms with Gasteiger partial charge in [0.25, 0.3) is 5.56 Å². The van der Waals surface area contributed by atoms with Crippen molar-refractivity contribution in [1.82, 2.24) is 19.2 Å². The summed E-state index contributed by atoms with van der Waals surface area (Å²) in [6, 6.07) is 9.78. The Bertz CT molecular complexity index is 1170. The van der Waals surface area contributed by atoms with E-state index >= 15 is 0 Å². The van der Waals surface area contributed by atoms with E-state index in [1.54, 1.807) is 4.57 Å². The number of fused-ring (bicyclic) bond motifs is 1. The number of carbonyl (C=O) groups excluding carboxylic acids is 1. The van der Waals surface area contributed by atoms with Gasteiger partial charge in [0.1, 0.15) is 15.9 Å². The standard InChI is InChI=1S/C24H28N4O2S2/c1-2-15-28-23(30)22-21(20(27-32-22)18-11-7-4-8-12-18)26-24(28)31-16-19(29)25-14-13-17-9-5-3-6-10-17/h4,7-9,11-12H,2-3,5-6,10,13-16H2,1H3,(H,25,29). The van der Waals surface area contributed by atoms with E-state index in [2.05, 4.69) is 15.8 Å². The van der Waals surface area contributed by atoms with Gasteiger partial charge < -0.3 is 5.32 Å². The van der Waals surface area contributed by atoms with Gasteiger partial charge in [-0.3, -0.25) is 14.2 Å². The number of hydrogen-bond donors (Lipinski definition) is 1. The molecule has 1 aliphatic carbocycles. The summed E-state index contributed by atoms with van der Waals surface area (Å²) in [6.07, 6.45) is 8.87. The highest BCUT2D eigenvalue weighted by molar-refractivity contribution is 7.99. The molecule has 8 heteroatoms. The molecule has 0 saturated heterocycles. The maximum atomic E-state index is 13.1. The predicted molar refractivity (Wildman–Crippen MR) is 132 cm³/mol. The third-order valence-corrected chi connectivity index (χ3v) is 7.33. The second-order valence-electron chi connectivity index (χ2n) is 7.92. The van der Waals surface area contributed by atoms with Crippen LogP contribution in [-0.2, 0) is 11.3 Å². The van der Waals surface area contributed by atoms with Gasteiger partial charge in [0.2, 0.25) is 5.91 Å². The lowest BCUT2D eigenvalue weighted by Crippen LogP contribution is -2.28. The van der Waals surface area contributed by atoms with Crippen LogP contribution in [0.15, 0.2) is 51.9 Å². The average molecular weight is 469 g/mol. The fraction of sp³-hybridized carbons (Fsp3) is 0.417. The van der Waals surface area contributed by atoms with Crippen LogP contribution in [0.1, 0.15) is 45.4 Å². The van der Waals surface area contributed by atoms with Gasteiger partial charge in [-0.2, -0.15) is 4.37 Å². The summed E-state index contributed by atoms with van der Waals surface area (Å²) in [4.78, 5) is 30.4. The summed E-state index contributed by atoms with van der Waals surface area (Å²) < 4.78 is 6.76. The number of aromatic nitrogens is 3. The first-order chi connectivity index (χ1) is 15.7. The Morgan fingerprint density at radius 3 is 2.84 bits per heavy atom. The van der Waals surface area contributed by atoms with Crippen molar-refractivity contribution in [2.24, 2.45) is 0 Å². The number of rotatable bonds is 9. The van der Waals surface area contributed by atoms with E-state index in [0.29, 0.717) is 28.5 Å². The van der Waals surface area contributed by atoms with E-state index in [-0.39, 0.29) is 17.2 Å². The van der Waals surface area contributed by atoms with Crippen molar-refractivity contribution >= 4 is 39.4 Å². The topological polar surface area (TPSA) is 76.9 Å². The lowest BCUT2D eigenvalue weighted by molar-refractivity contribution is -0.118. The molecule has 4 rings (SSSR count). The van der Waals surface area contributed by atoms with Crippen LogP contribution >= 0.6 is 23.3 Å². The zero-order valence-electron chi connectivity index (χ0n) is 18.3. The minimum atomic E-state index is -0.0799. The van der Waals surface area contributed by atoms with Gasteiger partial charge in [0.05, 0.1) is 5.75 Å². The van der Waals surface area contributed by atoms with E-state index in [4.69, 9.17) is 4.98 Å². The smallest absolute Gasteiger partial charge is 0.273 e. The lowest BCUT2D eigenvalue weighted by Gasteiger charge is -2.13. The normalized spacial score (nSPS) is 13.8. The van der Waals surface area contributed by atoms with Crippen LogP contribution in [0.5, 0.6) is 0 Å². The summed E-state index contributed by atoms with van der Waals surface area (Å²) in [5, 5.41) is 3.59. The molecular weight excluding hydrogens is 440 g/mol. The summed E-state index contributed by atoms with van der Waals surface area (Å²) in [5.74, 6) is 0.203. The van der Waals surface area contributed by atoms with Gasteiger partial charge in [0.15, 0.2) is 5.16 Å². The van der Waals surface area contributed by atoms with E-state index in [9.17, 15) is 9.59 Å². The van der Waals surface area contributed by atoms with Gasteiger partial charge in [-0.05, 0) is 50.1 Å². The quantitative estimate of drug-likeness (QED) is 0.271. The van der Waals surface area contributed by atoms with Crippen LogP contribution in [0, 0.1) is 0 Å². The maximum Gasteiger partial charge on any atom is 0.273 e. The van der Waals surface area contributed by atoms with Crippen molar-refractivity contribution in [2.75, 3.05) is 12.3 Å². The van der Waals surface area contributed by atoms with Crippen molar-refractivity contribution in [2.45, 2.75) is 57.1 Å². The monoisotopic (exact) mass is 468 g/mol. The van der Waals surface area contributed by atoms with Gasteiger partial charge in [-0.25, -0.2) is 4.98 Å². The van der Waals surface area contributed by atoms with E-state index < -0.39 is 0 Å². The second-order valence-corrected chi connectivity index (χ2v) is 9.64. The molecule has 2 heterocycles. The van der Waals surface area contributed by atoms with Crippen LogP contribution < -0.4 is 10.9 Å². The Morgan fingerprint density at radius 1 is 1.25 bits per heavy atom. The number of amides is 1. The highest BCUT2D eigenvalue weighted by Crippen LogP contribution is 2.29. The molecule has 1 aliphatic rings. The SMILES string of the molecule is CCCn1c(SCC(=O)NCCC2=CCCCC2)nc2c(-c3ccccc3)nsc2c1=O. The first-order valence-electron chi connectivity index (χ1n) is 11.2. The molecule has 0 saturated carbocycles. The number of allylic oxidation sites excluding steroid dienone is 1. The molecule has 1 amide bonds. The molecule has 0 spiro atoms. The summed E-state index contributed by atoms with van der Waals surface area (Å²) in [5.41, 5.74) is 3.64. The minimum absolute atomic E-state index is 0.0319. The van der Waals surface area contributed by atoms with Crippen LogP contribution in [-0.4, -0.2) is 32.1 Å². The third kappa shape index (κ3) is 5.30. The first-order valence-corrected chi connectivity index (χ1v) is 13.0. The molecule has 6 nitrogen and oxygen atoms in total. The Kier molecular flexibility index (Phi) is 7.76. The highest BCUT2D eigenvalue weighted by Gasteiger charge is 2.18. The molecule has 0 radical (unpaired) electrons. The van der Waals surface area contributed by atoms with Crippen molar-refractivity contribution in [3.8, 4) is 11.3 Å². The minimum Gasteiger partial charge on any atom is -0.355 e. The molecule has 2 aromatic heterocycles. The third-order valence-electron chi connectivity index (χ3n) is 5.53. The number of benzene rings is 1. The Hall–Kier alpha value is -2.45. The van der Waals surface area contributed by atoms with Crippen LogP contribution in [0.25, 0.3) is 21.5 Å². The Balaban J connectivity index is 1.50. The van der Waals surface area contributed by atoms with Crippen molar-refractivity contribution in [3.05, 3.63) is 52.3 Å². The van der Waals surface area contributed by atoms with Crippen molar-refractivity contribution in [1.29, 1.82) is 0 Å². The number of carbonyl (C=O) groups is 1. The van der Waals surface area contributed by atoms with Gasteiger partial charge >= 0.3 is 0 Å². The number of hydrogen-bond acceptors (Lipinski definition) is 6. The molecule has 1 aromatic carbocycles. The van der Waals surface area contributed by atoms with Crippen molar-refractivity contribution in [3.63, 3.8) is 0 Å². The van der Waals surface area contributed by atoms with Gasteiger partial charge in [-0.1, -0.05) is 60.7 Å². The van der Waals surface area contributed by atoms with Gasteiger partial charge in [-0.15, -0.1) is 0 Å². The molecule has 0 aliphatic heterocycles. The average Bonchev–Trinajstić information content (AvgIpc) is 3.25. The second kappa shape index (κ2) is 10.9. The van der Waals surface area contributed by atoms with E-state index in [1.807, 2.05) is 37.3 Å². The zero-order valence-corrected chi connectivity index (χ0v) is 19.9.